The maximum absolute atomic E-state index is 6.02. The highest BCUT2D eigenvalue weighted by atomic mass is 35.5. The number of anilines is 1. The molecular formula is C20H22ClN3S. The number of hydrogen-bond acceptors (Lipinski definition) is 2. The van der Waals surface area contributed by atoms with Crippen LogP contribution in [0, 0.1) is 0 Å². The van der Waals surface area contributed by atoms with Crippen LogP contribution in [0.1, 0.15) is 5.56 Å². The van der Waals surface area contributed by atoms with Crippen LogP contribution in [0.15, 0.2) is 60.7 Å². The molecule has 0 radical (unpaired) electrons. The number of rotatable bonds is 4. The summed E-state index contributed by atoms with van der Waals surface area (Å²) in [6, 6.07) is 18.0. The summed E-state index contributed by atoms with van der Waals surface area (Å²) in [6.45, 7) is 4.86. The second-order valence-electron chi connectivity index (χ2n) is 6.04. The van der Waals surface area contributed by atoms with Gasteiger partial charge in [-0.15, -0.1) is 0 Å². The first-order chi connectivity index (χ1) is 12.2. The van der Waals surface area contributed by atoms with Crippen molar-refractivity contribution in [1.29, 1.82) is 0 Å². The van der Waals surface area contributed by atoms with Gasteiger partial charge in [-0.3, -0.25) is 4.90 Å². The first kappa shape index (κ1) is 17.9. The molecule has 1 aliphatic heterocycles. The third kappa shape index (κ3) is 5.56. The van der Waals surface area contributed by atoms with Crippen LogP contribution in [-0.2, 0) is 0 Å². The Balaban J connectivity index is 1.43. The van der Waals surface area contributed by atoms with E-state index in [0.717, 1.165) is 43.5 Å². The van der Waals surface area contributed by atoms with Gasteiger partial charge in [0, 0.05) is 43.4 Å². The number of nitrogens with zero attached hydrogens (tertiary/aromatic N) is 2. The minimum absolute atomic E-state index is 0.711. The first-order valence-corrected chi connectivity index (χ1v) is 9.25. The van der Waals surface area contributed by atoms with Crippen molar-refractivity contribution >= 4 is 40.7 Å². The standard InChI is InChI=1S/C20H22ClN3S/c21-18-9-4-10-19(16-18)22-20(25)24-14-12-23(13-15-24)11-5-8-17-6-2-1-3-7-17/h1-10,16H,11-15H2,(H,22,25)/b8-5+. The summed E-state index contributed by atoms with van der Waals surface area (Å²) < 4.78 is 0. The van der Waals surface area contributed by atoms with Gasteiger partial charge in [0.05, 0.1) is 0 Å². The molecule has 2 aromatic rings. The Hall–Kier alpha value is -1.88. The number of hydrogen-bond donors (Lipinski definition) is 1. The number of halogens is 1. The average molecular weight is 372 g/mol. The van der Waals surface area contributed by atoms with Crippen molar-refractivity contribution in [1.82, 2.24) is 9.80 Å². The average Bonchev–Trinajstić information content (AvgIpc) is 2.63. The molecule has 1 N–H and O–H groups in total. The molecule has 0 aromatic heterocycles. The zero-order chi connectivity index (χ0) is 17.5. The van der Waals surface area contributed by atoms with E-state index in [9.17, 15) is 0 Å². The van der Waals surface area contributed by atoms with E-state index in [2.05, 4.69) is 51.5 Å². The van der Waals surface area contributed by atoms with Crippen LogP contribution in [0.25, 0.3) is 6.08 Å². The molecule has 1 fully saturated rings. The summed E-state index contributed by atoms with van der Waals surface area (Å²) in [5.74, 6) is 0. The van der Waals surface area contributed by atoms with Crippen LogP contribution in [0.5, 0.6) is 0 Å². The summed E-state index contributed by atoms with van der Waals surface area (Å²) in [6.07, 6.45) is 4.41. The third-order valence-electron chi connectivity index (χ3n) is 4.21. The smallest absolute Gasteiger partial charge is 0.173 e. The van der Waals surface area contributed by atoms with Crippen LogP contribution < -0.4 is 5.32 Å². The lowest BCUT2D eigenvalue weighted by atomic mass is 10.2. The van der Waals surface area contributed by atoms with Crippen LogP contribution in [0.3, 0.4) is 0 Å². The predicted octanol–water partition coefficient (Wildman–Crippen LogP) is 4.37. The summed E-state index contributed by atoms with van der Waals surface area (Å²) in [5, 5.41) is 4.75. The molecule has 0 aliphatic carbocycles. The first-order valence-electron chi connectivity index (χ1n) is 8.46. The van der Waals surface area contributed by atoms with Crippen molar-refractivity contribution in [3.05, 3.63) is 71.3 Å². The van der Waals surface area contributed by atoms with Crippen LogP contribution in [0.2, 0.25) is 5.02 Å². The topological polar surface area (TPSA) is 18.5 Å². The summed E-state index contributed by atoms with van der Waals surface area (Å²) in [7, 11) is 0. The number of nitrogens with one attached hydrogen (secondary N) is 1. The molecule has 5 heteroatoms. The van der Waals surface area contributed by atoms with E-state index in [1.165, 1.54) is 5.56 Å². The zero-order valence-electron chi connectivity index (χ0n) is 14.1. The van der Waals surface area contributed by atoms with E-state index < -0.39 is 0 Å². The van der Waals surface area contributed by atoms with Crippen molar-refractivity contribution in [2.75, 3.05) is 38.0 Å². The predicted molar refractivity (Wildman–Crippen MR) is 111 cm³/mol. The van der Waals surface area contributed by atoms with Crippen LogP contribution in [-0.4, -0.2) is 47.6 Å². The van der Waals surface area contributed by atoms with Crippen molar-refractivity contribution in [3.63, 3.8) is 0 Å². The molecule has 0 amide bonds. The van der Waals surface area contributed by atoms with Gasteiger partial charge in [-0.25, -0.2) is 0 Å². The maximum atomic E-state index is 6.02. The number of benzene rings is 2. The molecular weight excluding hydrogens is 350 g/mol. The van der Waals surface area contributed by atoms with Crippen LogP contribution >= 0.6 is 23.8 Å². The fourth-order valence-electron chi connectivity index (χ4n) is 2.80. The zero-order valence-corrected chi connectivity index (χ0v) is 15.6. The second kappa shape index (κ2) is 8.99. The normalized spacial score (nSPS) is 15.5. The van der Waals surface area contributed by atoms with Gasteiger partial charge in [-0.2, -0.15) is 0 Å². The van der Waals surface area contributed by atoms with E-state index in [1.807, 2.05) is 30.3 Å². The highest BCUT2D eigenvalue weighted by Crippen LogP contribution is 2.16. The van der Waals surface area contributed by atoms with Gasteiger partial charge in [0.2, 0.25) is 0 Å². The lowest BCUT2D eigenvalue weighted by molar-refractivity contribution is 0.200. The minimum atomic E-state index is 0.711. The van der Waals surface area contributed by atoms with E-state index in [-0.39, 0.29) is 0 Å². The fourth-order valence-corrected chi connectivity index (χ4v) is 3.30. The van der Waals surface area contributed by atoms with Gasteiger partial charge in [0.25, 0.3) is 0 Å². The van der Waals surface area contributed by atoms with Gasteiger partial charge in [0.1, 0.15) is 0 Å². The largest absolute Gasteiger partial charge is 0.346 e. The van der Waals surface area contributed by atoms with Gasteiger partial charge < -0.3 is 10.2 Å². The Morgan fingerprint density at radius 1 is 1.04 bits per heavy atom. The lowest BCUT2D eigenvalue weighted by Gasteiger charge is -2.35. The number of piperazine rings is 1. The fraction of sp³-hybridized carbons (Fsp3) is 0.250. The monoisotopic (exact) mass is 371 g/mol. The molecule has 1 saturated heterocycles. The van der Waals surface area contributed by atoms with Gasteiger partial charge >= 0.3 is 0 Å². The Bertz CT molecular complexity index is 725. The highest BCUT2D eigenvalue weighted by Gasteiger charge is 2.18. The Labute approximate surface area is 159 Å². The van der Waals surface area contributed by atoms with Gasteiger partial charge in [0.15, 0.2) is 5.11 Å². The molecule has 1 aliphatic rings. The Morgan fingerprint density at radius 2 is 1.80 bits per heavy atom. The summed E-state index contributed by atoms with van der Waals surface area (Å²) >= 11 is 11.5. The molecule has 3 nitrogen and oxygen atoms in total. The molecule has 0 atom stereocenters. The molecule has 0 spiro atoms. The molecule has 3 rings (SSSR count). The van der Waals surface area contributed by atoms with Crippen molar-refractivity contribution in [2.45, 2.75) is 0 Å². The molecule has 0 unspecified atom stereocenters. The van der Waals surface area contributed by atoms with Gasteiger partial charge in [-0.05, 0) is 36.0 Å². The van der Waals surface area contributed by atoms with Gasteiger partial charge in [-0.1, -0.05) is 60.2 Å². The van der Waals surface area contributed by atoms with E-state index in [4.69, 9.17) is 23.8 Å². The van der Waals surface area contributed by atoms with E-state index >= 15 is 0 Å². The summed E-state index contributed by atoms with van der Waals surface area (Å²) in [4.78, 5) is 4.66. The maximum Gasteiger partial charge on any atom is 0.173 e. The number of thiocarbonyl (C=S) groups is 1. The summed E-state index contributed by atoms with van der Waals surface area (Å²) in [5.41, 5.74) is 2.18. The Kier molecular flexibility index (Phi) is 6.45. The quantitative estimate of drug-likeness (QED) is 0.804. The van der Waals surface area contributed by atoms with Crippen molar-refractivity contribution < 1.29 is 0 Å². The second-order valence-corrected chi connectivity index (χ2v) is 6.86. The molecule has 0 saturated carbocycles. The highest BCUT2D eigenvalue weighted by molar-refractivity contribution is 7.80. The van der Waals surface area contributed by atoms with Crippen molar-refractivity contribution in [2.24, 2.45) is 0 Å². The molecule has 25 heavy (non-hydrogen) atoms. The Morgan fingerprint density at radius 3 is 2.52 bits per heavy atom. The molecule has 1 heterocycles. The van der Waals surface area contributed by atoms with Crippen molar-refractivity contribution in [3.8, 4) is 0 Å². The molecule has 0 bridgehead atoms. The minimum Gasteiger partial charge on any atom is -0.346 e. The molecule has 2 aromatic carbocycles. The van der Waals surface area contributed by atoms with Crippen LogP contribution in [0.4, 0.5) is 5.69 Å². The lowest BCUT2D eigenvalue weighted by Crippen LogP contribution is -2.49. The third-order valence-corrected chi connectivity index (χ3v) is 4.80. The SMILES string of the molecule is S=C(Nc1cccc(Cl)c1)N1CCN(C/C=C/c2ccccc2)CC1. The molecule has 130 valence electrons. The van der Waals surface area contributed by atoms with E-state index in [1.54, 1.807) is 0 Å². The van der Waals surface area contributed by atoms with E-state index in [0.29, 0.717) is 5.02 Å².